The van der Waals surface area contributed by atoms with Gasteiger partial charge in [0.2, 0.25) is 0 Å². The Kier molecular flexibility index (Phi) is 7.74. The molecule has 5 nitrogen and oxygen atoms in total. The first-order chi connectivity index (χ1) is 28.2. The lowest BCUT2D eigenvalue weighted by atomic mass is 10.0. The minimum atomic E-state index is 0.668. The molecule has 0 atom stereocenters. The van der Waals surface area contributed by atoms with E-state index in [1.54, 1.807) is 0 Å². The van der Waals surface area contributed by atoms with Crippen molar-refractivity contribution >= 4 is 32.6 Å². The Morgan fingerprint density at radius 3 is 1.05 bits per heavy atom. The zero-order chi connectivity index (χ0) is 37.7. The highest BCUT2D eigenvalue weighted by Crippen LogP contribution is 2.41. The van der Waals surface area contributed by atoms with Crippen molar-refractivity contribution in [1.82, 2.24) is 24.5 Å². The molecule has 0 aliphatic heterocycles. The monoisotopic (exact) mass is 727 g/mol. The van der Waals surface area contributed by atoms with Crippen molar-refractivity contribution in [3.63, 3.8) is 0 Å². The maximum Gasteiger partial charge on any atom is 0.160 e. The Hall–Kier alpha value is -7.76. The molecule has 0 unspecified atom stereocenters. The van der Waals surface area contributed by atoms with Gasteiger partial charge < -0.3 is 4.57 Å². The minimum Gasteiger partial charge on any atom is -0.309 e. The largest absolute Gasteiger partial charge is 0.309 e. The molecule has 11 aromatic rings. The summed E-state index contributed by atoms with van der Waals surface area (Å²) < 4.78 is 2.40. The Bertz CT molecular complexity index is 2880. The molecule has 11 rings (SSSR count). The van der Waals surface area contributed by atoms with Crippen LogP contribution in [0.1, 0.15) is 0 Å². The molecule has 0 N–H and O–H groups in total. The number of rotatable bonds is 7. The number of hydrogen-bond donors (Lipinski definition) is 0. The second-order valence-corrected chi connectivity index (χ2v) is 14.3. The SMILES string of the molecule is c1ccc(-c2cc(-c3cc(-c4cc(-c5ccccc5)nc(-c5ccccc5)n4)cc(-n4c5cccc6ccc7cccc4c7c65)c3)nc(-c3ccccc3)n2)cc1. The Morgan fingerprint density at radius 1 is 0.281 bits per heavy atom. The van der Waals surface area contributed by atoms with E-state index in [0.717, 1.165) is 72.9 Å². The molecule has 5 heteroatoms. The number of aromatic nitrogens is 5. The topological polar surface area (TPSA) is 56.5 Å². The van der Waals surface area contributed by atoms with E-state index in [-0.39, 0.29) is 0 Å². The third-order valence-electron chi connectivity index (χ3n) is 10.7. The van der Waals surface area contributed by atoms with Crippen molar-refractivity contribution in [1.29, 1.82) is 0 Å². The molecule has 0 aliphatic rings. The lowest BCUT2D eigenvalue weighted by Gasteiger charge is -2.15. The van der Waals surface area contributed by atoms with Gasteiger partial charge >= 0.3 is 0 Å². The summed E-state index contributed by atoms with van der Waals surface area (Å²) in [6.45, 7) is 0. The molecular weight excluding hydrogens is 695 g/mol. The minimum absolute atomic E-state index is 0.668. The number of benzene rings is 8. The first-order valence-electron chi connectivity index (χ1n) is 19.1. The van der Waals surface area contributed by atoms with Gasteiger partial charge in [0.25, 0.3) is 0 Å². The van der Waals surface area contributed by atoms with Gasteiger partial charge in [-0.1, -0.05) is 158 Å². The molecule has 57 heavy (non-hydrogen) atoms. The van der Waals surface area contributed by atoms with Crippen LogP contribution in [0, 0.1) is 0 Å². The highest BCUT2D eigenvalue weighted by Gasteiger charge is 2.20. The van der Waals surface area contributed by atoms with E-state index in [1.165, 1.54) is 21.5 Å². The summed E-state index contributed by atoms with van der Waals surface area (Å²) in [5.41, 5.74) is 12.5. The van der Waals surface area contributed by atoms with Gasteiger partial charge in [0.15, 0.2) is 11.6 Å². The predicted octanol–water partition coefficient (Wildman–Crippen LogP) is 13.0. The van der Waals surface area contributed by atoms with Gasteiger partial charge in [0, 0.05) is 49.8 Å². The molecule has 0 spiro atoms. The van der Waals surface area contributed by atoms with Crippen molar-refractivity contribution in [2.24, 2.45) is 0 Å². The van der Waals surface area contributed by atoms with E-state index >= 15 is 0 Å². The van der Waals surface area contributed by atoms with E-state index in [9.17, 15) is 0 Å². The van der Waals surface area contributed by atoms with Crippen molar-refractivity contribution in [2.75, 3.05) is 0 Å². The van der Waals surface area contributed by atoms with Crippen LogP contribution in [-0.4, -0.2) is 24.5 Å². The van der Waals surface area contributed by atoms with E-state index in [4.69, 9.17) is 19.9 Å². The van der Waals surface area contributed by atoms with Crippen LogP contribution in [0.4, 0.5) is 0 Å². The van der Waals surface area contributed by atoms with E-state index in [1.807, 2.05) is 72.8 Å². The third kappa shape index (κ3) is 5.81. The highest BCUT2D eigenvalue weighted by atomic mass is 15.0. The number of nitrogens with zero attached hydrogens (tertiary/aromatic N) is 5. The molecular formula is C52H33N5. The predicted molar refractivity (Wildman–Crippen MR) is 233 cm³/mol. The first-order valence-corrected chi connectivity index (χ1v) is 19.1. The molecule has 0 fully saturated rings. The fourth-order valence-corrected chi connectivity index (χ4v) is 8.07. The maximum atomic E-state index is 5.29. The molecule has 0 bridgehead atoms. The van der Waals surface area contributed by atoms with Crippen molar-refractivity contribution in [2.45, 2.75) is 0 Å². The molecule has 0 saturated heterocycles. The van der Waals surface area contributed by atoms with Crippen LogP contribution in [-0.2, 0) is 0 Å². The fourth-order valence-electron chi connectivity index (χ4n) is 8.07. The Labute approximate surface area is 329 Å². The van der Waals surface area contributed by atoms with Gasteiger partial charge in [-0.25, -0.2) is 19.9 Å². The van der Waals surface area contributed by atoms with Gasteiger partial charge in [-0.2, -0.15) is 0 Å². The quantitative estimate of drug-likeness (QED) is 0.153. The van der Waals surface area contributed by atoms with Crippen LogP contribution < -0.4 is 0 Å². The lowest BCUT2D eigenvalue weighted by molar-refractivity contribution is 1.16. The van der Waals surface area contributed by atoms with E-state index in [0.29, 0.717) is 11.6 Å². The summed E-state index contributed by atoms with van der Waals surface area (Å²) in [6, 6.07) is 69.6. The highest BCUT2D eigenvalue weighted by molar-refractivity contribution is 6.24. The zero-order valence-corrected chi connectivity index (χ0v) is 30.8. The third-order valence-corrected chi connectivity index (χ3v) is 10.7. The van der Waals surface area contributed by atoms with Crippen LogP contribution >= 0.6 is 0 Å². The van der Waals surface area contributed by atoms with Gasteiger partial charge in [0.05, 0.1) is 33.8 Å². The first kappa shape index (κ1) is 32.7. The average molecular weight is 728 g/mol. The van der Waals surface area contributed by atoms with Crippen molar-refractivity contribution in [3.05, 3.63) is 200 Å². The summed E-state index contributed by atoms with van der Waals surface area (Å²) in [5, 5.41) is 4.96. The number of hydrogen-bond acceptors (Lipinski definition) is 4. The molecule has 3 heterocycles. The Morgan fingerprint density at radius 2 is 0.649 bits per heavy atom. The zero-order valence-electron chi connectivity index (χ0n) is 30.8. The van der Waals surface area contributed by atoms with Crippen molar-refractivity contribution < 1.29 is 0 Å². The lowest BCUT2D eigenvalue weighted by Crippen LogP contribution is -2.00. The molecule has 0 amide bonds. The molecule has 8 aromatic carbocycles. The molecule has 0 aliphatic carbocycles. The van der Waals surface area contributed by atoms with Gasteiger partial charge in [0.1, 0.15) is 0 Å². The van der Waals surface area contributed by atoms with Crippen LogP contribution in [0.25, 0.3) is 106 Å². The second-order valence-electron chi connectivity index (χ2n) is 14.3. The van der Waals surface area contributed by atoms with Crippen molar-refractivity contribution in [3.8, 4) is 73.5 Å². The summed E-state index contributed by atoms with van der Waals surface area (Å²) in [4.78, 5) is 20.8. The Balaban J connectivity index is 1.21. The summed E-state index contributed by atoms with van der Waals surface area (Å²) in [7, 11) is 0. The standard InChI is InChI=1S/C52H33N5/c1-5-15-34(16-6-1)43-32-45(55-51(53-43)38-19-9-3-10-20-38)40-29-41(46-33-44(35-17-7-2-8-18-35)54-52(56-46)39-21-11-4-12-22-39)31-42(30-40)57-47-25-13-23-36-27-28-37-24-14-26-48(57)50(37)49(36)47/h1-33H. The van der Waals surface area contributed by atoms with E-state index in [2.05, 4.69) is 132 Å². The summed E-state index contributed by atoms with van der Waals surface area (Å²) in [6.07, 6.45) is 0. The van der Waals surface area contributed by atoms with Crippen LogP contribution in [0.3, 0.4) is 0 Å². The molecule has 3 aromatic heterocycles. The maximum absolute atomic E-state index is 5.29. The normalized spacial score (nSPS) is 11.5. The smallest absolute Gasteiger partial charge is 0.160 e. The average Bonchev–Trinajstić information content (AvgIpc) is 3.65. The molecule has 0 radical (unpaired) electrons. The second kappa shape index (κ2) is 13.5. The van der Waals surface area contributed by atoms with Crippen LogP contribution in [0.2, 0.25) is 0 Å². The van der Waals surface area contributed by atoms with Crippen LogP contribution in [0.5, 0.6) is 0 Å². The molecule has 266 valence electrons. The van der Waals surface area contributed by atoms with Gasteiger partial charge in [-0.15, -0.1) is 0 Å². The summed E-state index contributed by atoms with van der Waals surface area (Å²) >= 11 is 0. The molecule has 0 saturated carbocycles. The van der Waals surface area contributed by atoms with E-state index < -0.39 is 0 Å². The fraction of sp³-hybridized carbons (Fsp3) is 0. The summed E-state index contributed by atoms with van der Waals surface area (Å²) in [5.74, 6) is 1.34. The van der Waals surface area contributed by atoms with Crippen LogP contribution in [0.15, 0.2) is 200 Å². The van der Waals surface area contributed by atoms with Gasteiger partial charge in [-0.3, -0.25) is 0 Å². The van der Waals surface area contributed by atoms with Gasteiger partial charge in [-0.05, 0) is 53.2 Å².